The van der Waals surface area contributed by atoms with Crippen LogP contribution in [0.1, 0.15) is 20.2 Å². The molecule has 0 spiro atoms. The summed E-state index contributed by atoms with van der Waals surface area (Å²) in [4.78, 5) is 29.5. The predicted molar refractivity (Wildman–Crippen MR) is 112 cm³/mol. The van der Waals surface area contributed by atoms with E-state index in [0.29, 0.717) is 21.8 Å². The number of fused-ring (bicyclic) bond motifs is 1. The number of benzene rings is 2. The number of nitrogens with zero attached hydrogens (tertiary/aromatic N) is 1. The zero-order valence-electron chi connectivity index (χ0n) is 15.4. The SMILES string of the molecule is COc1ccc2nc(C(=O)Oc3ccc(NC(=O)c4cccs4)cc3)ccc2c1. The van der Waals surface area contributed by atoms with Gasteiger partial charge in [0, 0.05) is 11.1 Å². The minimum absolute atomic E-state index is 0.179. The summed E-state index contributed by atoms with van der Waals surface area (Å²) in [5.41, 5.74) is 1.49. The summed E-state index contributed by atoms with van der Waals surface area (Å²) in [6.45, 7) is 0. The molecule has 0 bridgehead atoms. The van der Waals surface area contributed by atoms with E-state index < -0.39 is 5.97 Å². The van der Waals surface area contributed by atoms with Crippen LogP contribution in [-0.4, -0.2) is 24.0 Å². The molecule has 144 valence electrons. The zero-order chi connectivity index (χ0) is 20.2. The van der Waals surface area contributed by atoms with E-state index in [-0.39, 0.29) is 11.6 Å². The molecule has 2 aromatic heterocycles. The van der Waals surface area contributed by atoms with E-state index in [1.54, 1.807) is 61.7 Å². The highest BCUT2D eigenvalue weighted by Gasteiger charge is 2.12. The van der Waals surface area contributed by atoms with Gasteiger partial charge in [-0.05, 0) is 60.0 Å². The Kier molecular flexibility index (Phi) is 5.22. The van der Waals surface area contributed by atoms with Crippen molar-refractivity contribution < 1.29 is 19.1 Å². The van der Waals surface area contributed by atoms with Crippen LogP contribution in [0.15, 0.2) is 72.1 Å². The number of hydrogen-bond donors (Lipinski definition) is 1. The van der Waals surface area contributed by atoms with Crippen LogP contribution in [0.4, 0.5) is 5.69 Å². The van der Waals surface area contributed by atoms with Crippen LogP contribution in [-0.2, 0) is 0 Å². The quantitative estimate of drug-likeness (QED) is 0.383. The summed E-state index contributed by atoms with van der Waals surface area (Å²) in [6, 6.07) is 19.0. The second kappa shape index (κ2) is 8.12. The third kappa shape index (κ3) is 4.25. The van der Waals surface area contributed by atoms with Crippen molar-refractivity contribution in [2.24, 2.45) is 0 Å². The molecule has 29 heavy (non-hydrogen) atoms. The van der Waals surface area contributed by atoms with Gasteiger partial charge in [-0.2, -0.15) is 0 Å². The lowest BCUT2D eigenvalue weighted by molar-refractivity contribution is 0.0728. The molecule has 0 fully saturated rings. The van der Waals surface area contributed by atoms with Gasteiger partial charge in [-0.1, -0.05) is 12.1 Å². The smallest absolute Gasteiger partial charge is 0.362 e. The molecular weight excluding hydrogens is 388 g/mol. The molecule has 7 heteroatoms. The second-order valence-corrected chi connectivity index (χ2v) is 7.05. The number of methoxy groups -OCH3 is 1. The van der Waals surface area contributed by atoms with Crippen LogP contribution in [0.25, 0.3) is 10.9 Å². The molecule has 0 aliphatic carbocycles. The Bertz CT molecular complexity index is 1170. The van der Waals surface area contributed by atoms with Crippen molar-refractivity contribution in [2.75, 3.05) is 12.4 Å². The first-order valence-electron chi connectivity index (χ1n) is 8.74. The molecule has 0 aliphatic rings. The second-order valence-electron chi connectivity index (χ2n) is 6.10. The first-order valence-corrected chi connectivity index (χ1v) is 9.62. The Morgan fingerprint density at radius 2 is 1.76 bits per heavy atom. The van der Waals surface area contributed by atoms with Gasteiger partial charge in [0.2, 0.25) is 0 Å². The summed E-state index contributed by atoms with van der Waals surface area (Å²) in [6.07, 6.45) is 0. The first kappa shape index (κ1) is 18.6. The first-order chi connectivity index (χ1) is 14.1. The molecule has 0 radical (unpaired) electrons. The number of thiophene rings is 1. The Balaban J connectivity index is 1.44. The maximum Gasteiger partial charge on any atom is 0.362 e. The molecule has 0 unspecified atom stereocenters. The number of esters is 1. The van der Waals surface area contributed by atoms with Gasteiger partial charge >= 0.3 is 5.97 Å². The van der Waals surface area contributed by atoms with Gasteiger partial charge in [0.05, 0.1) is 17.5 Å². The standard InChI is InChI=1S/C22H16N2O4S/c1-27-17-9-11-18-14(13-17)4-10-19(24-18)22(26)28-16-7-5-15(6-8-16)23-21(25)20-3-2-12-29-20/h2-13H,1H3,(H,23,25). The highest BCUT2D eigenvalue weighted by Crippen LogP contribution is 2.21. The van der Waals surface area contributed by atoms with Crippen LogP contribution in [0.2, 0.25) is 0 Å². The zero-order valence-corrected chi connectivity index (χ0v) is 16.2. The average Bonchev–Trinajstić information content (AvgIpc) is 3.29. The molecule has 2 heterocycles. The molecular formula is C22H16N2O4S. The maximum atomic E-state index is 12.4. The Hall–Kier alpha value is -3.71. The van der Waals surface area contributed by atoms with Crippen molar-refractivity contribution in [3.8, 4) is 11.5 Å². The topological polar surface area (TPSA) is 77.5 Å². The number of aromatic nitrogens is 1. The Morgan fingerprint density at radius 3 is 2.48 bits per heavy atom. The monoisotopic (exact) mass is 404 g/mol. The van der Waals surface area contributed by atoms with Crippen molar-refractivity contribution in [1.29, 1.82) is 0 Å². The maximum absolute atomic E-state index is 12.4. The number of hydrogen-bond acceptors (Lipinski definition) is 6. The van der Waals surface area contributed by atoms with Gasteiger partial charge in [0.15, 0.2) is 0 Å². The van der Waals surface area contributed by atoms with Gasteiger partial charge in [0.25, 0.3) is 5.91 Å². The van der Waals surface area contributed by atoms with Crippen molar-refractivity contribution in [3.05, 3.63) is 82.7 Å². The molecule has 2 aromatic carbocycles. The van der Waals surface area contributed by atoms with Crippen LogP contribution < -0.4 is 14.8 Å². The summed E-state index contributed by atoms with van der Waals surface area (Å²) in [7, 11) is 1.60. The third-order valence-corrected chi connectivity index (χ3v) is 5.04. The van der Waals surface area contributed by atoms with Gasteiger partial charge in [-0.15, -0.1) is 11.3 Å². The number of carbonyl (C=O) groups is 2. The highest BCUT2D eigenvalue weighted by molar-refractivity contribution is 7.12. The minimum Gasteiger partial charge on any atom is -0.497 e. The van der Waals surface area contributed by atoms with E-state index in [0.717, 1.165) is 11.1 Å². The molecule has 0 atom stereocenters. The van der Waals surface area contributed by atoms with E-state index in [2.05, 4.69) is 10.3 Å². The van der Waals surface area contributed by atoms with Crippen molar-refractivity contribution in [3.63, 3.8) is 0 Å². The minimum atomic E-state index is -0.557. The lowest BCUT2D eigenvalue weighted by Crippen LogP contribution is -2.11. The van der Waals surface area contributed by atoms with Gasteiger partial charge in [-0.3, -0.25) is 4.79 Å². The summed E-state index contributed by atoms with van der Waals surface area (Å²) in [5, 5.41) is 5.50. The number of ether oxygens (including phenoxy) is 2. The summed E-state index contributed by atoms with van der Waals surface area (Å²) < 4.78 is 10.6. The Morgan fingerprint density at radius 1 is 0.966 bits per heavy atom. The molecule has 0 saturated heterocycles. The fourth-order valence-corrected chi connectivity index (χ4v) is 3.33. The van der Waals surface area contributed by atoms with Crippen LogP contribution in [0.5, 0.6) is 11.5 Å². The average molecular weight is 404 g/mol. The highest BCUT2D eigenvalue weighted by atomic mass is 32.1. The lowest BCUT2D eigenvalue weighted by atomic mass is 10.2. The van der Waals surface area contributed by atoms with Crippen LogP contribution in [0, 0.1) is 0 Å². The molecule has 4 rings (SSSR count). The van der Waals surface area contributed by atoms with Crippen molar-refractivity contribution in [1.82, 2.24) is 4.98 Å². The van der Waals surface area contributed by atoms with Crippen LogP contribution in [0.3, 0.4) is 0 Å². The summed E-state index contributed by atoms with van der Waals surface area (Å²) >= 11 is 1.37. The third-order valence-electron chi connectivity index (χ3n) is 4.17. The van der Waals surface area contributed by atoms with E-state index in [9.17, 15) is 9.59 Å². The molecule has 1 N–H and O–H groups in total. The number of amides is 1. The van der Waals surface area contributed by atoms with E-state index >= 15 is 0 Å². The van der Waals surface area contributed by atoms with Crippen LogP contribution >= 0.6 is 11.3 Å². The largest absolute Gasteiger partial charge is 0.497 e. The fourth-order valence-electron chi connectivity index (χ4n) is 2.71. The molecule has 1 amide bonds. The van der Waals surface area contributed by atoms with E-state index in [4.69, 9.17) is 9.47 Å². The lowest BCUT2D eigenvalue weighted by Gasteiger charge is -2.07. The van der Waals surface area contributed by atoms with Gasteiger partial charge in [-0.25, -0.2) is 9.78 Å². The number of nitrogens with one attached hydrogen (secondary N) is 1. The Labute approximate surface area is 170 Å². The van der Waals surface area contributed by atoms with Gasteiger partial charge < -0.3 is 14.8 Å². The number of carbonyl (C=O) groups excluding carboxylic acids is 2. The molecule has 6 nitrogen and oxygen atoms in total. The van der Waals surface area contributed by atoms with E-state index in [1.165, 1.54) is 11.3 Å². The molecule has 0 aliphatic heterocycles. The van der Waals surface area contributed by atoms with E-state index in [1.807, 2.05) is 17.5 Å². The van der Waals surface area contributed by atoms with Crippen molar-refractivity contribution >= 4 is 39.8 Å². The number of pyridine rings is 1. The molecule has 0 saturated carbocycles. The normalized spacial score (nSPS) is 10.5. The fraction of sp³-hybridized carbons (Fsp3) is 0.0455. The van der Waals surface area contributed by atoms with Crippen molar-refractivity contribution in [2.45, 2.75) is 0 Å². The number of anilines is 1. The summed E-state index contributed by atoms with van der Waals surface area (Å²) in [5.74, 6) is 0.349. The van der Waals surface area contributed by atoms with Gasteiger partial charge in [0.1, 0.15) is 17.2 Å². The predicted octanol–water partition coefficient (Wildman–Crippen LogP) is 4.78. The number of rotatable bonds is 5. The molecule has 4 aromatic rings.